The summed E-state index contributed by atoms with van der Waals surface area (Å²) in [5.74, 6) is 0. The van der Waals surface area contributed by atoms with Crippen LogP contribution >= 0.6 is 0 Å². The first kappa shape index (κ1) is 6.09. The lowest BCUT2D eigenvalue weighted by Gasteiger charge is -1.87. The van der Waals surface area contributed by atoms with Gasteiger partial charge in [0, 0.05) is 24.2 Å². The molecule has 3 nitrogen and oxygen atoms in total. The molecular formula is C8H6N2O. The molecule has 0 aromatic carbocycles. The summed E-state index contributed by atoms with van der Waals surface area (Å²) in [6, 6.07) is 1.79. The highest BCUT2D eigenvalue weighted by atomic mass is 16.1. The normalized spacial score (nSPS) is 10.2. The molecule has 0 atom stereocenters. The maximum atomic E-state index is 10.3. The van der Waals surface area contributed by atoms with E-state index in [4.69, 9.17) is 0 Å². The van der Waals surface area contributed by atoms with Gasteiger partial charge in [-0.05, 0) is 6.07 Å². The van der Waals surface area contributed by atoms with E-state index in [1.165, 1.54) is 0 Å². The molecule has 0 aliphatic heterocycles. The van der Waals surface area contributed by atoms with Crippen molar-refractivity contribution in [3.63, 3.8) is 0 Å². The highest BCUT2D eigenvalue weighted by molar-refractivity contribution is 5.77. The van der Waals surface area contributed by atoms with Gasteiger partial charge in [0.1, 0.15) is 0 Å². The Morgan fingerprint density at radius 1 is 1.55 bits per heavy atom. The lowest BCUT2D eigenvalue weighted by atomic mass is 10.4. The molecule has 0 saturated carbocycles. The Labute approximate surface area is 63.3 Å². The van der Waals surface area contributed by atoms with E-state index in [0.717, 1.165) is 11.8 Å². The van der Waals surface area contributed by atoms with Gasteiger partial charge in [0.05, 0.1) is 11.7 Å². The van der Waals surface area contributed by atoms with Crippen LogP contribution in [-0.2, 0) is 0 Å². The van der Waals surface area contributed by atoms with E-state index < -0.39 is 0 Å². The van der Waals surface area contributed by atoms with Crippen LogP contribution in [0.3, 0.4) is 0 Å². The first-order valence-corrected chi connectivity index (χ1v) is 3.27. The number of hydrogen-bond acceptors (Lipinski definition) is 2. The Morgan fingerprint density at radius 3 is 3.18 bits per heavy atom. The van der Waals surface area contributed by atoms with Crippen molar-refractivity contribution in [3.8, 4) is 0 Å². The minimum absolute atomic E-state index is 0.679. The number of fused-ring (bicyclic) bond motifs is 1. The smallest absolute Gasteiger partial charge is 0.151 e. The molecule has 2 aromatic heterocycles. The minimum atomic E-state index is 0.679. The summed E-state index contributed by atoms with van der Waals surface area (Å²) in [4.78, 5) is 14.3. The Kier molecular flexibility index (Phi) is 1.22. The summed E-state index contributed by atoms with van der Waals surface area (Å²) in [6.45, 7) is 0. The van der Waals surface area contributed by atoms with Gasteiger partial charge in [0.2, 0.25) is 0 Å². The van der Waals surface area contributed by atoms with Crippen molar-refractivity contribution in [2.75, 3.05) is 0 Å². The van der Waals surface area contributed by atoms with E-state index in [0.29, 0.717) is 5.56 Å². The fraction of sp³-hybridized carbons (Fsp3) is 0. The molecule has 3 heteroatoms. The van der Waals surface area contributed by atoms with Gasteiger partial charge in [-0.3, -0.25) is 9.78 Å². The standard InChI is InChI=1S/C8H6N2O/c11-6-7-3-8-4-9-1-2-10(8)5-7/h1-6H. The topological polar surface area (TPSA) is 34.4 Å². The SMILES string of the molecule is O=Cc1cc2cnccn2c1. The van der Waals surface area contributed by atoms with Crippen molar-refractivity contribution in [1.82, 2.24) is 9.38 Å². The highest BCUT2D eigenvalue weighted by Gasteiger charge is 1.95. The van der Waals surface area contributed by atoms with Gasteiger partial charge in [-0.25, -0.2) is 0 Å². The lowest BCUT2D eigenvalue weighted by Crippen LogP contribution is -1.79. The number of carbonyl (C=O) groups is 1. The van der Waals surface area contributed by atoms with Gasteiger partial charge >= 0.3 is 0 Å². The summed E-state index contributed by atoms with van der Waals surface area (Å²) in [7, 11) is 0. The molecule has 0 spiro atoms. The Bertz CT molecular complexity index is 359. The number of nitrogens with zero attached hydrogens (tertiary/aromatic N) is 2. The van der Waals surface area contributed by atoms with Gasteiger partial charge in [-0.1, -0.05) is 0 Å². The first-order chi connectivity index (χ1) is 5.40. The average Bonchev–Trinajstić information content (AvgIpc) is 2.46. The van der Waals surface area contributed by atoms with E-state index in [9.17, 15) is 4.79 Å². The fourth-order valence-corrected chi connectivity index (χ4v) is 1.04. The third-order valence-corrected chi connectivity index (χ3v) is 1.56. The zero-order chi connectivity index (χ0) is 7.68. The Morgan fingerprint density at radius 2 is 2.45 bits per heavy atom. The van der Waals surface area contributed by atoms with Gasteiger partial charge in [0.15, 0.2) is 6.29 Å². The molecule has 2 aromatic rings. The van der Waals surface area contributed by atoms with E-state index >= 15 is 0 Å². The van der Waals surface area contributed by atoms with Crippen LogP contribution < -0.4 is 0 Å². The molecule has 0 radical (unpaired) electrons. The third kappa shape index (κ3) is 0.902. The van der Waals surface area contributed by atoms with Crippen LogP contribution in [0.5, 0.6) is 0 Å². The van der Waals surface area contributed by atoms with Gasteiger partial charge in [-0.15, -0.1) is 0 Å². The second kappa shape index (κ2) is 2.20. The van der Waals surface area contributed by atoms with Crippen LogP contribution in [0, 0.1) is 0 Å². The maximum Gasteiger partial charge on any atom is 0.151 e. The molecule has 0 fully saturated rings. The number of rotatable bonds is 1. The highest BCUT2D eigenvalue weighted by Crippen LogP contribution is 2.05. The maximum absolute atomic E-state index is 10.3. The van der Waals surface area contributed by atoms with E-state index in [-0.39, 0.29) is 0 Å². The third-order valence-electron chi connectivity index (χ3n) is 1.56. The van der Waals surface area contributed by atoms with Gasteiger partial charge in [-0.2, -0.15) is 0 Å². The lowest BCUT2D eigenvalue weighted by molar-refractivity contribution is 0.112. The van der Waals surface area contributed by atoms with Crippen molar-refractivity contribution in [3.05, 3.63) is 36.4 Å². The summed E-state index contributed by atoms with van der Waals surface area (Å²) in [5.41, 5.74) is 1.62. The molecule has 0 unspecified atom stereocenters. The van der Waals surface area contributed by atoms with Crippen LogP contribution in [0.25, 0.3) is 5.52 Å². The Hall–Kier alpha value is -1.64. The minimum Gasteiger partial charge on any atom is -0.320 e. The first-order valence-electron chi connectivity index (χ1n) is 3.27. The zero-order valence-corrected chi connectivity index (χ0v) is 5.77. The molecule has 54 valence electrons. The van der Waals surface area contributed by atoms with E-state index in [1.54, 1.807) is 24.7 Å². The predicted molar refractivity (Wildman–Crippen MR) is 40.6 cm³/mol. The molecule has 0 aliphatic carbocycles. The fourth-order valence-electron chi connectivity index (χ4n) is 1.04. The van der Waals surface area contributed by atoms with Crippen LogP contribution in [0.2, 0.25) is 0 Å². The molecule has 0 aliphatic rings. The number of carbonyl (C=O) groups excluding carboxylic acids is 1. The zero-order valence-electron chi connectivity index (χ0n) is 5.77. The summed E-state index contributed by atoms with van der Waals surface area (Å²) in [5, 5.41) is 0. The van der Waals surface area contributed by atoms with E-state index in [2.05, 4.69) is 4.98 Å². The number of aromatic nitrogens is 2. The Balaban J connectivity index is 2.78. The monoisotopic (exact) mass is 146 g/mol. The van der Waals surface area contributed by atoms with Crippen molar-refractivity contribution in [2.24, 2.45) is 0 Å². The molecule has 0 saturated heterocycles. The second-order valence-electron chi connectivity index (χ2n) is 2.30. The summed E-state index contributed by atoms with van der Waals surface area (Å²) in [6.07, 6.45) is 7.80. The molecule has 0 amide bonds. The van der Waals surface area contributed by atoms with Crippen molar-refractivity contribution in [1.29, 1.82) is 0 Å². The van der Waals surface area contributed by atoms with E-state index in [1.807, 2.05) is 10.6 Å². The van der Waals surface area contributed by atoms with Gasteiger partial charge in [0.25, 0.3) is 0 Å². The predicted octanol–water partition coefficient (Wildman–Crippen LogP) is 1.15. The summed E-state index contributed by atoms with van der Waals surface area (Å²) >= 11 is 0. The molecule has 2 heterocycles. The van der Waals surface area contributed by atoms with Crippen LogP contribution in [0.1, 0.15) is 10.4 Å². The molecular weight excluding hydrogens is 140 g/mol. The molecule has 0 bridgehead atoms. The van der Waals surface area contributed by atoms with Crippen LogP contribution in [0.4, 0.5) is 0 Å². The summed E-state index contributed by atoms with van der Waals surface area (Å²) < 4.78 is 1.86. The van der Waals surface area contributed by atoms with Crippen molar-refractivity contribution >= 4 is 11.8 Å². The van der Waals surface area contributed by atoms with Crippen molar-refractivity contribution in [2.45, 2.75) is 0 Å². The quantitative estimate of drug-likeness (QED) is 0.565. The largest absolute Gasteiger partial charge is 0.320 e. The van der Waals surface area contributed by atoms with Crippen molar-refractivity contribution < 1.29 is 4.79 Å². The second-order valence-corrected chi connectivity index (χ2v) is 2.30. The molecule has 11 heavy (non-hydrogen) atoms. The van der Waals surface area contributed by atoms with Crippen LogP contribution in [0.15, 0.2) is 30.9 Å². The molecule has 2 rings (SSSR count). The number of aldehydes is 1. The average molecular weight is 146 g/mol. The van der Waals surface area contributed by atoms with Crippen LogP contribution in [-0.4, -0.2) is 15.7 Å². The number of hydrogen-bond donors (Lipinski definition) is 0. The molecule has 0 N–H and O–H groups in total. The van der Waals surface area contributed by atoms with Gasteiger partial charge < -0.3 is 4.40 Å².